The lowest BCUT2D eigenvalue weighted by atomic mass is 9.43. The molecule has 70 heavy (non-hydrogen) atoms. The predicted molar refractivity (Wildman–Crippen MR) is 245 cm³/mol. The molecule has 6 aliphatic carbocycles. The number of hydrogen-bond acceptors (Lipinski definition) is 17. The van der Waals surface area contributed by atoms with Crippen molar-refractivity contribution in [1.29, 1.82) is 0 Å². The lowest BCUT2D eigenvalue weighted by Crippen LogP contribution is -2.80. The van der Waals surface area contributed by atoms with Gasteiger partial charge in [-0.25, -0.2) is 4.79 Å². The van der Waals surface area contributed by atoms with Crippen molar-refractivity contribution < 1.29 is 82.8 Å². The van der Waals surface area contributed by atoms with Gasteiger partial charge >= 0.3 is 17.9 Å². The maximum atomic E-state index is 14.4. The third kappa shape index (κ3) is 6.63. The van der Waals surface area contributed by atoms with Crippen LogP contribution in [0, 0.1) is 45.3 Å². The molecular formula is C53H68O17. The lowest BCUT2D eigenvalue weighted by molar-refractivity contribution is -0.339. The number of carbonyl (C=O) groups excluding carboxylic acids is 7. The standard InChI is InChI=1S/C30H36O9.C23H32O8/c1-15-12-20-29(14-37-20,39-17(3)31)23-25(38-26(35)18-10-8-7-9-11-18)30(36)13-19(32)16(2)21(27(30,4)5)22(33)24(34)28(15,23)6;1-10-7-14-22(9-30-14,31-12(3)24)17-19(28)23(29)8-13(25)11(2)15(20(23,4)5)16(26)18(27)21(10,17)6/h7-11,15,20,22-23,25,33,36H,12-14H2,1-6H3;10,14,16-17,19,26,28-29H,7-9H2,1-6H3/t15-,20?,22?,23?,25?,28+,29?,30?;10-,14?,16?,17?,19?,21+,22?,23?/m00/s1. The third-order valence-electron chi connectivity index (χ3n) is 19.2. The number of fused-ring (bicyclic) bond motifs is 10. The first-order chi connectivity index (χ1) is 32.3. The molecule has 2 heterocycles. The first kappa shape index (κ1) is 51.9. The monoisotopic (exact) mass is 976 g/mol. The zero-order chi connectivity index (χ0) is 52.0. The predicted octanol–water partition coefficient (Wildman–Crippen LogP) is 3.27. The van der Waals surface area contributed by atoms with E-state index < -0.39 is 146 Å². The molecule has 5 N–H and O–H groups in total. The number of ketones is 4. The smallest absolute Gasteiger partial charge is 0.338 e. The number of Topliss-reactive ketones (excluding diaryl/α,β-unsaturated/α-hetero) is 4. The van der Waals surface area contributed by atoms with Gasteiger partial charge in [0.1, 0.15) is 41.7 Å². The zero-order valence-corrected chi connectivity index (χ0v) is 42.0. The van der Waals surface area contributed by atoms with Gasteiger partial charge in [-0.1, -0.05) is 73.6 Å². The van der Waals surface area contributed by atoms with Gasteiger partial charge in [0.05, 0.1) is 30.8 Å². The summed E-state index contributed by atoms with van der Waals surface area (Å²) in [6.45, 7) is 19.0. The number of aliphatic hydroxyl groups excluding tert-OH is 3. The number of carbonyl (C=O) groups is 7. The molecule has 4 bridgehead atoms. The second-order valence-corrected chi connectivity index (χ2v) is 23.0. The Bertz CT molecular complexity index is 2530. The van der Waals surface area contributed by atoms with Crippen LogP contribution in [-0.2, 0) is 52.5 Å². The van der Waals surface area contributed by atoms with Crippen LogP contribution in [0.15, 0.2) is 52.6 Å². The Labute approximate surface area is 407 Å². The van der Waals surface area contributed by atoms with E-state index in [0.717, 1.165) is 0 Å². The molecule has 0 spiro atoms. The first-order valence-corrected chi connectivity index (χ1v) is 24.2. The van der Waals surface area contributed by atoms with Gasteiger partial charge < -0.3 is 49.2 Å². The molecule has 0 aromatic heterocycles. The Morgan fingerprint density at radius 2 is 1.03 bits per heavy atom. The number of esters is 3. The van der Waals surface area contributed by atoms with Crippen molar-refractivity contribution in [2.45, 2.75) is 168 Å². The largest absolute Gasteiger partial charge is 0.455 e. The second kappa shape index (κ2) is 16.5. The Balaban J connectivity index is 0.000000193. The summed E-state index contributed by atoms with van der Waals surface area (Å²) < 4.78 is 29.5. The Morgan fingerprint density at radius 1 is 0.629 bits per heavy atom. The van der Waals surface area contributed by atoms with Gasteiger partial charge in [0, 0.05) is 54.3 Å². The van der Waals surface area contributed by atoms with Crippen molar-refractivity contribution in [2.24, 2.45) is 45.3 Å². The van der Waals surface area contributed by atoms with Crippen LogP contribution in [0.1, 0.15) is 119 Å². The van der Waals surface area contributed by atoms with Gasteiger partial charge in [0.25, 0.3) is 0 Å². The van der Waals surface area contributed by atoms with E-state index in [1.807, 2.05) is 13.8 Å². The highest BCUT2D eigenvalue weighted by Gasteiger charge is 2.78. The van der Waals surface area contributed by atoms with E-state index in [1.165, 1.54) is 13.8 Å². The van der Waals surface area contributed by atoms with Crippen LogP contribution < -0.4 is 0 Å². The summed E-state index contributed by atoms with van der Waals surface area (Å²) in [5.74, 6) is -6.92. The van der Waals surface area contributed by atoms with E-state index in [2.05, 4.69) is 0 Å². The van der Waals surface area contributed by atoms with E-state index in [1.54, 1.807) is 85.7 Å². The van der Waals surface area contributed by atoms with Crippen molar-refractivity contribution in [3.63, 3.8) is 0 Å². The van der Waals surface area contributed by atoms with E-state index in [9.17, 15) is 59.1 Å². The lowest BCUT2D eigenvalue weighted by Gasteiger charge is -2.67. The normalized spacial score (nSPS) is 44.4. The molecule has 8 aliphatic rings. The molecule has 9 rings (SSSR count). The molecule has 382 valence electrons. The van der Waals surface area contributed by atoms with Gasteiger partial charge in [0.15, 0.2) is 34.3 Å². The Kier molecular flexibility index (Phi) is 12.2. The summed E-state index contributed by atoms with van der Waals surface area (Å²) >= 11 is 0. The average Bonchev–Trinajstić information content (AvgIpc) is 3.27. The van der Waals surface area contributed by atoms with Crippen LogP contribution in [0.2, 0.25) is 0 Å². The van der Waals surface area contributed by atoms with Gasteiger partial charge in [-0.05, 0) is 73.0 Å². The SMILES string of the molecule is CC(=O)OC12COC1C[C@H](C)[C@@]1(C)C(=O)C(O)C3=C(C)C(=O)CC(O)(C(O)C21)C3(C)C.CC(=O)OC12COC1C[C@H](C)[C@@]1(C)C(=O)C(O)C3=C(C)C(=O)CC(O)(C(OC(=O)c4ccccc4)C21)C3(C)C. The number of hydrogen-bond donors (Lipinski definition) is 5. The fourth-order valence-corrected chi connectivity index (χ4v) is 14.7. The average molecular weight is 977 g/mol. The summed E-state index contributed by atoms with van der Waals surface area (Å²) in [7, 11) is 0. The molecule has 0 amide bonds. The van der Waals surface area contributed by atoms with Crippen molar-refractivity contribution >= 4 is 41.0 Å². The summed E-state index contributed by atoms with van der Waals surface area (Å²) in [4.78, 5) is 92.6. The van der Waals surface area contributed by atoms with Crippen molar-refractivity contribution in [1.82, 2.24) is 0 Å². The highest BCUT2D eigenvalue weighted by Crippen LogP contribution is 2.66. The molecule has 0 radical (unpaired) electrons. The fraction of sp³-hybridized carbons (Fsp3) is 0.679. The van der Waals surface area contributed by atoms with Crippen molar-refractivity contribution in [3.05, 3.63) is 58.2 Å². The highest BCUT2D eigenvalue weighted by molar-refractivity contribution is 6.03. The molecule has 17 nitrogen and oxygen atoms in total. The summed E-state index contributed by atoms with van der Waals surface area (Å²) in [6.07, 6.45) is -7.58. The minimum absolute atomic E-state index is 0.0309. The number of rotatable bonds is 4. The number of ether oxygens (including phenoxy) is 5. The van der Waals surface area contributed by atoms with Gasteiger partial charge in [0.2, 0.25) is 0 Å². The zero-order valence-electron chi connectivity index (χ0n) is 42.0. The van der Waals surface area contributed by atoms with E-state index in [0.29, 0.717) is 12.8 Å². The maximum Gasteiger partial charge on any atom is 0.338 e. The highest BCUT2D eigenvalue weighted by atomic mass is 16.6. The molecule has 4 saturated carbocycles. The third-order valence-corrected chi connectivity index (χ3v) is 19.2. The topological polar surface area (TPSA) is 267 Å². The minimum atomic E-state index is -2.05. The first-order valence-electron chi connectivity index (χ1n) is 24.2. The fourth-order valence-electron chi connectivity index (χ4n) is 14.7. The van der Waals surface area contributed by atoms with E-state index in [-0.39, 0.29) is 53.4 Å². The van der Waals surface area contributed by atoms with Crippen LogP contribution in [0.25, 0.3) is 0 Å². The van der Waals surface area contributed by atoms with Gasteiger partial charge in [-0.15, -0.1) is 0 Å². The van der Waals surface area contributed by atoms with Crippen molar-refractivity contribution in [3.8, 4) is 0 Å². The second-order valence-electron chi connectivity index (χ2n) is 23.0. The van der Waals surface area contributed by atoms with Crippen LogP contribution >= 0.6 is 0 Å². The Hall–Kier alpha value is -4.49. The maximum absolute atomic E-state index is 14.4. The van der Waals surface area contributed by atoms with Crippen LogP contribution in [-0.4, -0.2) is 139 Å². The molecule has 16 atom stereocenters. The number of allylic oxidation sites excluding steroid dienone is 2. The summed E-state index contributed by atoms with van der Waals surface area (Å²) in [5, 5.41) is 59.3. The molecule has 1 aromatic rings. The number of aliphatic hydroxyl groups is 5. The molecule has 6 fully saturated rings. The number of benzene rings is 1. The van der Waals surface area contributed by atoms with Crippen LogP contribution in [0.3, 0.4) is 0 Å². The molecule has 1 aromatic carbocycles. The summed E-state index contributed by atoms with van der Waals surface area (Å²) in [6, 6.07) is 8.22. The Morgan fingerprint density at radius 3 is 1.44 bits per heavy atom. The van der Waals surface area contributed by atoms with E-state index >= 15 is 0 Å². The molecule has 2 aliphatic heterocycles. The van der Waals surface area contributed by atoms with E-state index in [4.69, 9.17) is 23.7 Å². The van der Waals surface area contributed by atoms with Crippen LogP contribution in [0.5, 0.6) is 0 Å². The van der Waals surface area contributed by atoms with Crippen molar-refractivity contribution in [2.75, 3.05) is 13.2 Å². The quantitative estimate of drug-likeness (QED) is 0.214. The minimum Gasteiger partial charge on any atom is -0.455 e. The molecule has 2 saturated heterocycles. The summed E-state index contributed by atoms with van der Waals surface area (Å²) in [5.41, 5.74) is -11.2. The van der Waals surface area contributed by atoms with Gasteiger partial charge in [-0.3, -0.25) is 28.8 Å². The molecule has 12 unspecified atom stereocenters. The van der Waals surface area contributed by atoms with Gasteiger partial charge in [-0.2, -0.15) is 0 Å². The molecule has 17 heteroatoms. The molecular weight excluding hydrogens is 909 g/mol. The van der Waals surface area contributed by atoms with Crippen LogP contribution in [0.4, 0.5) is 0 Å².